The van der Waals surface area contributed by atoms with Crippen LogP contribution in [0.1, 0.15) is 18.4 Å². The summed E-state index contributed by atoms with van der Waals surface area (Å²) in [7, 11) is 0. The molecule has 1 unspecified atom stereocenters. The highest BCUT2D eigenvalue weighted by Crippen LogP contribution is 2.22. The number of ether oxygens (including phenoxy) is 1. The molecular formula is C18H20F2N4O3S. The molecule has 1 aromatic carbocycles. The Morgan fingerprint density at radius 3 is 2.93 bits per heavy atom. The number of carbonyl (C=O) groups is 2. The predicted octanol–water partition coefficient (Wildman–Crippen LogP) is 3.30. The first kappa shape index (κ1) is 20.0. The summed E-state index contributed by atoms with van der Waals surface area (Å²) >= 11 is 1.33. The molecule has 1 fully saturated rings. The number of carbonyl (C=O) groups excluding carboxylic acids is 2. The summed E-state index contributed by atoms with van der Waals surface area (Å²) in [5.41, 5.74) is 0.450. The van der Waals surface area contributed by atoms with Crippen molar-refractivity contribution in [2.45, 2.75) is 26.0 Å². The molecule has 3 rings (SSSR count). The summed E-state index contributed by atoms with van der Waals surface area (Å²) in [4.78, 5) is 30.4. The molecule has 1 aliphatic heterocycles. The topological polar surface area (TPSA) is 83.6 Å². The normalized spacial score (nSPS) is 16.7. The Balaban J connectivity index is 1.54. The van der Waals surface area contributed by atoms with Gasteiger partial charge in [-0.15, -0.1) is 11.3 Å². The Morgan fingerprint density at radius 2 is 2.18 bits per heavy atom. The number of likely N-dealkylation sites (tertiary alicyclic amines) is 1. The molecule has 0 saturated carbocycles. The summed E-state index contributed by atoms with van der Waals surface area (Å²) in [5, 5.41) is 7.76. The smallest absolute Gasteiger partial charge is 0.387 e. The van der Waals surface area contributed by atoms with Gasteiger partial charge in [0, 0.05) is 36.8 Å². The Morgan fingerprint density at radius 1 is 1.36 bits per heavy atom. The van der Waals surface area contributed by atoms with Crippen molar-refractivity contribution in [2.24, 2.45) is 5.92 Å². The zero-order valence-electron chi connectivity index (χ0n) is 14.9. The van der Waals surface area contributed by atoms with E-state index in [9.17, 15) is 18.4 Å². The van der Waals surface area contributed by atoms with Crippen LogP contribution in [0.3, 0.4) is 0 Å². The fraction of sp³-hybridized carbons (Fsp3) is 0.389. The number of amides is 3. The lowest BCUT2D eigenvalue weighted by Gasteiger charge is -2.32. The van der Waals surface area contributed by atoms with Crippen LogP contribution in [0, 0.1) is 5.92 Å². The minimum Gasteiger partial charge on any atom is -0.434 e. The first-order chi connectivity index (χ1) is 13.5. The molecule has 2 aromatic rings. The number of hydrogen-bond acceptors (Lipinski definition) is 5. The monoisotopic (exact) mass is 410 g/mol. The highest BCUT2D eigenvalue weighted by Gasteiger charge is 2.28. The van der Waals surface area contributed by atoms with E-state index in [4.69, 9.17) is 0 Å². The third-order valence-corrected chi connectivity index (χ3v) is 5.05. The highest BCUT2D eigenvalue weighted by atomic mass is 32.1. The number of para-hydroxylation sites is 1. The molecule has 1 saturated heterocycles. The van der Waals surface area contributed by atoms with E-state index < -0.39 is 6.61 Å². The number of thiazole rings is 1. The van der Waals surface area contributed by atoms with Gasteiger partial charge < -0.3 is 20.3 Å². The largest absolute Gasteiger partial charge is 0.434 e. The van der Waals surface area contributed by atoms with Gasteiger partial charge in [0.15, 0.2) is 5.13 Å². The Kier molecular flexibility index (Phi) is 6.75. The van der Waals surface area contributed by atoms with Crippen LogP contribution in [0.5, 0.6) is 5.75 Å². The molecule has 28 heavy (non-hydrogen) atoms. The van der Waals surface area contributed by atoms with Crippen LogP contribution in [0.25, 0.3) is 0 Å². The number of rotatable bonds is 6. The van der Waals surface area contributed by atoms with E-state index >= 15 is 0 Å². The molecular weight excluding hydrogens is 390 g/mol. The summed E-state index contributed by atoms with van der Waals surface area (Å²) < 4.78 is 29.4. The number of nitrogens with zero attached hydrogens (tertiary/aromatic N) is 2. The maximum Gasteiger partial charge on any atom is 0.387 e. The number of aromatic nitrogens is 1. The van der Waals surface area contributed by atoms with Crippen LogP contribution in [-0.2, 0) is 11.3 Å². The maximum absolute atomic E-state index is 12.5. The van der Waals surface area contributed by atoms with E-state index in [2.05, 4.69) is 20.4 Å². The molecule has 1 aromatic heterocycles. The summed E-state index contributed by atoms with van der Waals surface area (Å²) in [5.74, 6) is -0.460. The second-order valence-corrected chi connectivity index (χ2v) is 7.15. The van der Waals surface area contributed by atoms with Crippen molar-refractivity contribution in [1.29, 1.82) is 0 Å². The zero-order chi connectivity index (χ0) is 19.9. The van der Waals surface area contributed by atoms with Gasteiger partial charge in [-0.1, -0.05) is 18.2 Å². The second kappa shape index (κ2) is 9.45. The highest BCUT2D eigenvalue weighted by molar-refractivity contribution is 7.13. The quantitative estimate of drug-likeness (QED) is 0.765. The van der Waals surface area contributed by atoms with E-state index in [-0.39, 0.29) is 36.7 Å². The lowest BCUT2D eigenvalue weighted by molar-refractivity contribution is -0.121. The lowest BCUT2D eigenvalue weighted by atomic mass is 9.97. The average molecular weight is 410 g/mol. The molecule has 0 radical (unpaired) electrons. The Bertz CT molecular complexity index is 804. The molecule has 0 spiro atoms. The van der Waals surface area contributed by atoms with Crippen LogP contribution in [0.2, 0.25) is 0 Å². The number of anilines is 1. The number of hydrogen-bond donors (Lipinski definition) is 2. The molecule has 0 bridgehead atoms. The molecule has 150 valence electrons. The summed E-state index contributed by atoms with van der Waals surface area (Å²) in [6.45, 7) is -2.06. The van der Waals surface area contributed by atoms with Gasteiger partial charge in [0.1, 0.15) is 5.75 Å². The van der Waals surface area contributed by atoms with Crippen molar-refractivity contribution in [3.63, 3.8) is 0 Å². The van der Waals surface area contributed by atoms with Gasteiger partial charge >= 0.3 is 12.6 Å². The Hall–Kier alpha value is -2.75. The summed E-state index contributed by atoms with van der Waals surface area (Å²) in [6.07, 6.45) is 3.00. The second-order valence-electron chi connectivity index (χ2n) is 6.26. The minimum atomic E-state index is -2.93. The Labute approximate surface area is 164 Å². The lowest BCUT2D eigenvalue weighted by Crippen LogP contribution is -2.47. The average Bonchev–Trinajstić information content (AvgIpc) is 3.19. The van der Waals surface area contributed by atoms with Crippen molar-refractivity contribution in [1.82, 2.24) is 15.2 Å². The van der Waals surface area contributed by atoms with E-state index in [1.54, 1.807) is 34.7 Å². The van der Waals surface area contributed by atoms with Crippen molar-refractivity contribution < 1.29 is 23.1 Å². The van der Waals surface area contributed by atoms with Gasteiger partial charge in [-0.3, -0.25) is 4.79 Å². The van der Waals surface area contributed by atoms with Crippen molar-refractivity contribution >= 4 is 28.4 Å². The molecule has 2 heterocycles. The maximum atomic E-state index is 12.5. The minimum absolute atomic E-state index is 0.0251. The first-order valence-electron chi connectivity index (χ1n) is 8.79. The number of piperidine rings is 1. The van der Waals surface area contributed by atoms with Crippen LogP contribution < -0.4 is 15.4 Å². The summed E-state index contributed by atoms with van der Waals surface area (Å²) in [6, 6.07) is 5.95. The van der Waals surface area contributed by atoms with Gasteiger partial charge in [-0.05, 0) is 18.9 Å². The predicted molar refractivity (Wildman–Crippen MR) is 100 cm³/mol. The third kappa shape index (κ3) is 5.38. The van der Waals surface area contributed by atoms with Gasteiger partial charge in [0.2, 0.25) is 5.91 Å². The number of urea groups is 1. The molecule has 3 amide bonds. The van der Waals surface area contributed by atoms with Crippen LogP contribution in [-0.4, -0.2) is 41.5 Å². The van der Waals surface area contributed by atoms with E-state index in [0.717, 1.165) is 0 Å². The SMILES string of the molecule is O=C(Nc1nccs1)C1CCCN(C(=O)NCc2ccccc2OC(F)F)C1. The first-order valence-corrected chi connectivity index (χ1v) is 9.66. The van der Waals surface area contributed by atoms with E-state index in [0.29, 0.717) is 30.1 Å². The fourth-order valence-corrected chi connectivity index (χ4v) is 3.54. The molecule has 1 aliphatic rings. The zero-order valence-corrected chi connectivity index (χ0v) is 15.8. The van der Waals surface area contributed by atoms with E-state index in [1.165, 1.54) is 17.4 Å². The molecule has 0 aliphatic carbocycles. The van der Waals surface area contributed by atoms with Crippen molar-refractivity contribution in [2.75, 3.05) is 18.4 Å². The molecule has 2 N–H and O–H groups in total. The number of benzene rings is 1. The number of nitrogens with one attached hydrogen (secondary N) is 2. The number of alkyl halides is 2. The number of halogens is 2. The van der Waals surface area contributed by atoms with Crippen LogP contribution >= 0.6 is 11.3 Å². The van der Waals surface area contributed by atoms with Crippen LogP contribution in [0.4, 0.5) is 18.7 Å². The van der Waals surface area contributed by atoms with Gasteiger partial charge in [0.05, 0.1) is 5.92 Å². The standard InChI is InChI=1S/C18H20F2N4O3S/c19-16(20)27-14-6-2-1-4-12(14)10-22-18(26)24-8-3-5-13(11-24)15(25)23-17-21-7-9-28-17/h1-2,4,6-7,9,13,16H,3,5,8,10-11H2,(H,22,26)(H,21,23,25). The van der Waals surface area contributed by atoms with Gasteiger partial charge in [-0.25, -0.2) is 9.78 Å². The molecule has 1 atom stereocenters. The van der Waals surface area contributed by atoms with E-state index in [1.807, 2.05) is 0 Å². The molecule has 10 heteroatoms. The molecule has 7 nitrogen and oxygen atoms in total. The van der Waals surface area contributed by atoms with Gasteiger partial charge in [-0.2, -0.15) is 8.78 Å². The van der Waals surface area contributed by atoms with Crippen molar-refractivity contribution in [3.05, 3.63) is 41.4 Å². The van der Waals surface area contributed by atoms with Crippen molar-refractivity contribution in [3.8, 4) is 5.75 Å². The van der Waals surface area contributed by atoms with Gasteiger partial charge in [0.25, 0.3) is 0 Å². The third-order valence-electron chi connectivity index (χ3n) is 4.36. The van der Waals surface area contributed by atoms with Crippen LogP contribution in [0.15, 0.2) is 35.8 Å². The fourth-order valence-electron chi connectivity index (χ4n) is 3.01.